The van der Waals surface area contributed by atoms with Crippen molar-refractivity contribution in [3.63, 3.8) is 0 Å². The van der Waals surface area contributed by atoms with Gasteiger partial charge in [0, 0.05) is 48.8 Å². The molecule has 158 valence electrons. The minimum Gasteiger partial charge on any atom is -0.143 e. The van der Waals surface area contributed by atoms with Gasteiger partial charge in [-0.3, -0.25) is 0 Å². The van der Waals surface area contributed by atoms with Crippen LogP contribution in [0.15, 0.2) is 71.4 Å². The predicted molar refractivity (Wildman–Crippen MR) is 150 cm³/mol. The van der Waals surface area contributed by atoms with Crippen LogP contribution in [-0.2, 0) is 0 Å². The van der Waals surface area contributed by atoms with Crippen LogP contribution in [0.25, 0.3) is 48.8 Å². The van der Waals surface area contributed by atoms with Gasteiger partial charge in [0.25, 0.3) is 0 Å². The van der Waals surface area contributed by atoms with Gasteiger partial charge in [0.1, 0.15) is 0 Å². The highest BCUT2D eigenvalue weighted by Gasteiger charge is 2.17. The largest absolute Gasteiger partial charge is 0.143 e. The minimum absolute atomic E-state index is 1.35. The maximum Gasteiger partial charge on any atom is 0.0481 e. The topological polar surface area (TPSA) is 0 Å². The van der Waals surface area contributed by atoms with Gasteiger partial charge in [-0.25, -0.2) is 0 Å². The molecule has 6 aromatic rings. The van der Waals surface area contributed by atoms with E-state index in [1.807, 2.05) is 68.0 Å². The van der Waals surface area contributed by atoms with E-state index in [-0.39, 0.29) is 0 Å². The van der Waals surface area contributed by atoms with Crippen molar-refractivity contribution < 1.29 is 0 Å². The minimum atomic E-state index is 1.35. The second-order valence-electron chi connectivity index (χ2n) is 7.53. The summed E-state index contributed by atoms with van der Waals surface area (Å²) in [7, 11) is 0. The van der Waals surface area contributed by atoms with E-state index in [1.54, 1.807) is 0 Å². The molecular weight excluding hydrogens is 505 g/mol. The normalized spacial score (nSPS) is 11.4. The molecule has 6 heterocycles. The van der Waals surface area contributed by atoms with E-state index in [1.165, 1.54) is 59.9 Å². The van der Waals surface area contributed by atoms with Crippen molar-refractivity contribution in [3.05, 3.63) is 82.6 Å². The molecule has 0 fully saturated rings. The smallest absolute Gasteiger partial charge is 0.0481 e. The first-order chi connectivity index (χ1) is 15.7. The average molecular weight is 523 g/mol. The summed E-state index contributed by atoms with van der Waals surface area (Å²) in [5, 5.41) is 4.30. The van der Waals surface area contributed by atoms with Gasteiger partial charge in [-0.05, 0) is 84.3 Å². The van der Waals surface area contributed by atoms with Crippen molar-refractivity contribution >= 4 is 68.0 Å². The Labute approximate surface area is 211 Å². The molecule has 0 atom stereocenters. The van der Waals surface area contributed by atoms with E-state index in [0.717, 1.165) is 0 Å². The third-order valence-corrected chi connectivity index (χ3v) is 12.6. The summed E-state index contributed by atoms with van der Waals surface area (Å²) in [6.07, 6.45) is 0. The van der Waals surface area contributed by atoms with Gasteiger partial charge in [-0.15, -0.1) is 68.0 Å². The molecule has 0 nitrogen and oxygen atoms in total. The SMILES string of the molecule is Cc1cc(-c2ccc(-c3cccs3)s2)sc1-c1sc(-c2ccc(-c3cccs3)s2)cc1C. The number of thiophene rings is 6. The van der Waals surface area contributed by atoms with Crippen LogP contribution in [0.5, 0.6) is 0 Å². The Morgan fingerprint density at radius 1 is 0.438 bits per heavy atom. The number of hydrogen-bond acceptors (Lipinski definition) is 6. The Hall–Kier alpha value is -1.80. The lowest BCUT2D eigenvalue weighted by molar-refractivity contribution is 1.51. The fraction of sp³-hybridized carbons (Fsp3) is 0.0769. The summed E-state index contributed by atoms with van der Waals surface area (Å²) in [5.41, 5.74) is 2.75. The van der Waals surface area contributed by atoms with Gasteiger partial charge < -0.3 is 0 Å². The van der Waals surface area contributed by atoms with E-state index in [4.69, 9.17) is 0 Å². The summed E-state index contributed by atoms with van der Waals surface area (Å²) in [6.45, 7) is 4.50. The second kappa shape index (κ2) is 8.52. The van der Waals surface area contributed by atoms with E-state index < -0.39 is 0 Å². The summed E-state index contributed by atoms with van der Waals surface area (Å²) in [5.74, 6) is 0. The van der Waals surface area contributed by atoms with Crippen LogP contribution in [0.4, 0.5) is 0 Å². The van der Waals surface area contributed by atoms with Crippen LogP contribution < -0.4 is 0 Å². The average Bonchev–Trinajstić information content (AvgIpc) is 3.62. The summed E-state index contributed by atoms with van der Waals surface area (Å²) < 4.78 is 0. The standard InChI is InChI=1S/C26H18S6/c1-15-13-23(21-9-7-19(29-21)17-5-3-11-27-17)31-25(15)26-16(2)14-24(32-26)22-10-8-20(30-22)18-6-4-12-28-18/h3-14H,1-2H3. The number of hydrogen-bond donors (Lipinski definition) is 0. The van der Waals surface area contributed by atoms with Crippen LogP contribution in [0.3, 0.4) is 0 Å². The van der Waals surface area contributed by atoms with Gasteiger partial charge in [-0.1, -0.05) is 12.1 Å². The molecular formula is C26H18S6. The zero-order chi connectivity index (χ0) is 21.7. The molecule has 0 aliphatic rings. The summed E-state index contributed by atoms with van der Waals surface area (Å²) in [4.78, 5) is 13.7. The Bertz CT molecular complexity index is 1370. The Kier molecular flexibility index (Phi) is 5.53. The predicted octanol–water partition coefficient (Wildman–Crippen LogP) is 11.0. The Morgan fingerprint density at radius 2 is 0.844 bits per heavy atom. The van der Waals surface area contributed by atoms with Gasteiger partial charge in [0.15, 0.2) is 0 Å². The molecule has 0 aliphatic heterocycles. The van der Waals surface area contributed by atoms with E-state index >= 15 is 0 Å². The molecule has 6 aromatic heterocycles. The molecule has 0 bridgehead atoms. The lowest BCUT2D eigenvalue weighted by atomic mass is 10.2. The summed E-state index contributed by atoms with van der Waals surface area (Å²) in [6, 6.07) is 22.5. The molecule has 0 saturated heterocycles. The molecule has 0 N–H and O–H groups in total. The third-order valence-electron chi connectivity index (χ3n) is 5.27. The van der Waals surface area contributed by atoms with Crippen LogP contribution in [-0.4, -0.2) is 0 Å². The first-order valence-electron chi connectivity index (χ1n) is 10.1. The van der Waals surface area contributed by atoms with Gasteiger partial charge >= 0.3 is 0 Å². The maximum absolute atomic E-state index is 2.36. The third kappa shape index (κ3) is 3.79. The fourth-order valence-corrected chi connectivity index (χ4v) is 10.1. The van der Waals surface area contributed by atoms with Crippen molar-refractivity contribution in [2.75, 3.05) is 0 Å². The Balaban J connectivity index is 1.33. The fourth-order valence-electron chi connectivity index (χ4n) is 3.70. The molecule has 0 saturated carbocycles. The molecule has 6 heteroatoms. The van der Waals surface area contributed by atoms with Crippen LogP contribution in [0.1, 0.15) is 11.1 Å². The quantitative estimate of drug-likeness (QED) is 0.211. The van der Waals surface area contributed by atoms with E-state index in [0.29, 0.717) is 0 Å². The van der Waals surface area contributed by atoms with Crippen molar-refractivity contribution in [1.82, 2.24) is 0 Å². The summed E-state index contributed by atoms with van der Waals surface area (Å²) >= 11 is 11.3. The van der Waals surface area contributed by atoms with Gasteiger partial charge in [0.2, 0.25) is 0 Å². The monoisotopic (exact) mass is 522 g/mol. The lowest BCUT2D eigenvalue weighted by Gasteiger charge is -1.97. The lowest BCUT2D eigenvalue weighted by Crippen LogP contribution is -1.72. The van der Waals surface area contributed by atoms with Crippen molar-refractivity contribution in [2.24, 2.45) is 0 Å². The first-order valence-corrected chi connectivity index (χ1v) is 15.2. The van der Waals surface area contributed by atoms with E-state index in [9.17, 15) is 0 Å². The highest BCUT2D eigenvalue weighted by molar-refractivity contribution is 7.30. The highest BCUT2D eigenvalue weighted by atomic mass is 32.1. The van der Waals surface area contributed by atoms with Crippen LogP contribution >= 0.6 is 68.0 Å². The molecule has 0 amide bonds. The zero-order valence-corrected chi connectivity index (χ0v) is 22.3. The molecule has 0 unspecified atom stereocenters. The highest BCUT2D eigenvalue weighted by Crippen LogP contribution is 2.48. The Morgan fingerprint density at radius 3 is 1.22 bits per heavy atom. The molecule has 0 aromatic carbocycles. The second-order valence-corrected chi connectivity index (χ2v) is 13.7. The molecule has 0 radical (unpaired) electrons. The molecule has 6 rings (SSSR count). The van der Waals surface area contributed by atoms with Crippen molar-refractivity contribution in [2.45, 2.75) is 13.8 Å². The van der Waals surface area contributed by atoms with Crippen molar-refractivity contribution in [1.29, 1.82) is 0 Å². The number of rotatable bonds is 5. The molecule has 0 aliphatic carbocycles. The maximum atomic E-state index is 2.36. The zero-order valence-electron chi connectivity index (χ0n) is 17.4. The number of aryl methyl sites for hydroxylation is 2. The van der Waals surface area contributed by atoms with Crippen LogP contribution in [0, 0.1) is 13.8 Å². The first kappa shape index (κ1) is 20.8. The molecule has 0 spiro atoms. The van der Waals surface area contributed by atoms with Crippen molar-refractivity contribution in [3.8, 4) is 48.8 Å². The molecule has 32 heavy (non-hydrogen) atoms. The van der Waals surface area contributed by atoms with Gasteiger partial charge in [0.05, 0.1) is 0 Å². The van der Waals surface area contributed by atoms with E-state index in [2.05, 4.69) is 85.3 Å². The van der Waals surface area contributed by atoms with Gasteiger partial charge in [-0.2, -0.15) is 0 Å². The van der Waals surface area contributed by atoms with Crippen LogP contribution in [0.2, 0.25) is 0 Å².